The van der Waals surface area contributed by atoms with Crippen LogP contribution in [0.2, 0.25) is 0 Å². The summed E-state index contributed by atoms with van der Waals surface area (Å²) in [6.45, 7) is 0.943. The van der Waals surface area contributed by atoms with E-state index < -0.39 is 0 Å². The van der Waals surface area contributed by atoms with Crippen molar-refractivity contribution in [2.75, 3.05) is 6.61 Å². The molecule has 1 N–H and O–H groups in total. The van der Waals surface area contributed by atoms with Crippen LogP contribution in [0.3, 0.4) is 0 Å². The van der Waals surface area contributed by atoms with Gasteiger partial charge in [0.05, 0.1) is 12.6 Å². The van der Waals surface area contributed by atoms with Crippen LogP contribution in [-0.4, -0.2) is 12.7 Å². The first-order valence-corrected chi connectivity index (χ1v) is 7.02. The Morgan fingerprint density at radius 3 is 2.59 bits per heavy atom. The van der Waals surface area contributed by atoms with Gasteiger partial charge in [0.15, 0.2) is 0 Å². The van der Waals surface area contributed by atoms with Gasteiger partial charge in [-0.25, -0.2) is 4.79 Å². The van der Waals surface area contributed by atoms with Crippen molar-refractivity contribution in [2.45, 2.75) is 19.1 Å². The van der Waals surface area contributed by atoms with Crippen LogP contribution in [0.15, 0.2) is 54.6 Å². The number of ether oxygens (including phenoxy) is 2. The number of para-hydroxylation sites is 1. The molecule has 1 amide bonds. The SMILES string of the molecule is Cl.O=C1N[C@H](c2ccccc2OCc2ccccc2)CCO1. The highest BCUT2D eigenvalue weighted by atomic mass is 35.5. The maximum absolute atomic E-state index is 11.4. The second kappa shape index (κ2) is 7.71. The molecule has 22 heavy (non-hydrogen) atoms. The molecule has 2 aromatic rings. The number of amides is 1. The quantitative estimate of drug-likeness (QED) is 0.931. The van der Waals surface area contributed by atoms with Crippen LogP contribution in [0.25, 0.3) is 0 Å². The molecule has 2 aromatic carbocycles. The molecule has 116 valence electrons. The lowest BCUT2D eigenvalue weighted by atomic mass is 10.0. The number of hydrogen-bond acceptors (Lipinski definition) is 3. The van der Waals surface area contributed by atoms with Gasteiger partial charge in [-0.2, -0.15) is 0 Å². The fraction of sp³-hybridized carbons (Fsp3) is 0.235. The maximum atomic E-state index is 11.4. The normalized spacial score (nSPS) is 16.9. The fourth-order valence-electron chi connectivity index (χ4n) is 2.39. The lowest BCUT2D eigenvalue weighted by Gasteiger charge is -2.25. The van der Waals surface area contributed by atoms with Crippen molar-refractivity contribution in [3.05, 3.63) is 65.7 Å². The van der Waals surface area contributed by atoms with Crippen molar-refractivity contribution in [3.8, 4) is 5.75 Å². The van der Waals surface area contributed by atoms with Gasteiger partial charge in [-0.15, -0.1) is 12.4 Å². The number of benzene rings is 2. The number of cyclic esters (lactones) is 1. The van der Waals surface area contributed by atoms with Crippen LogP contribution in [-0.2, 0) is 11.3 Å². The molecule has 0 bridgehead atoms. The summed E-state index contributed by atoms with van der Waals surface area (Å²) in [6.07, 6.45) is 0.376. The van der Waals surface area contributed by atoms with Gasteiger partial charge in [-0.3, -0.25) is 0 Å². The molecule has 0 aromatic heterocycles. The molecular formula is C17H18ClNO3. The summed E-state index contributed by atoms with van der Waals surface area (Å²) in [5, 5.41) is 2.83. The van der Waals surface area contributed by atoms with Crippen LogP contribution in [0, 0.1) is 0 Å². The summed E-state index contributed by atoms with van der Waals surface area (Å²) in [7, 11) is 0. The molecule has 1 aliphatic rings. The zero-order valence-electron chi connectivity index (χ0n) is 12.0. The topological polar surface area (TPSA) is 47.6 Å². The van der Waals surface area contributed by atoms with Gasteiger partial charge in [-0.05, 0) is 11.6 Å². The average molecular weight is 320 g/mol. The first-order chi connectivity index (χ1) is 10.3. The van der Waals surface area contributed by atoms with E-state index in [1.807, 2.05) is 54.6 Å². The molecule has 1 fully saturated rings. The Balaban J connectivity index is 0.00000176. The van der Waals surface area contributed by atoms with Crippen LogP contribution in [0.1, 0.15) is 23.6 Å². The summed E-state index contributed by atoms with van der Waals surface area (Å²) in [5.41, 5.74) is 2.10. The zero-order chi connectivity index (χ0) is 14.5. The first kappa shape index (κ1) is 16.2. The van der Waals surface area contributed by atoms with E-state index in [0.29, 0.717) is 13.2 Å². The van der Waals surface area contributed by atoms with E-state index in [9.17, 15) is 4.79 Å². The van der Waals surface area contributed by atoms with E-state index in [1.54, 1.807) is 0 Å². The van der Waals surface area contributed by atoms with Gasteiger partial charge < -0.3 is 14.8 Å². The summed E-state index contributed by atoms with van der Waals surface area (Å²) < 4.78 is 10.8. The Morgan fingerprint density at radius 1 is 1.09 bits per heavy atom. The molecule has 0 saturated carbocycles. The van der Waals surface area contributed by atoms with Crippen molar-refractivity contribution in [3.63, 3.8) is 0 Å². The predicted octanol–water partition coefficient (Wildman–Crippen LogP) is 3.86. The minimum atomic E-state index is -0.371. The smallest absolute Gasteiger partial charge is 0.407 e. The molecule has 0 aliphatic carbocycles. The lowest BCUT2D eigenvalue weighted by Crippen LogP contribution is -2.35. The summed E-state index contributed by atoms with van der Waals surface area (Å²) in [6, 6.07) is 17.8. The van der Waals surface area contributed by atoms with E-state index in [-0.39, 0.29) is 24.5 Å². The molecular weight excluding hydrogens is 302 g/mol. The molecule has 0 unspecified atom stereocenters. The second-order valence-corrected chi connectivity index (χ2v) is 4.93. The van der Waals surface area contributed by atoms with E-state index in [4.69, 9.17) is 9.47 Å². The highest BCUT2D eigenvalue weighted by Gasteiger charge is 2.23. The number of carbonyl (C=O) groups is 1. The predicted molar refractivity (Wildman–Crippen MR) is 86.3 cm³/mol. The zero-order valence-corrected chi connectivity index (χ0v) is 12.8. The number of alkyl carbamates (subject to hydrolysis) is 1. The Bertz CT molecular complexity index is 618. The van der Waals surface area contributed by atoms with Gasteiger partial charge in [0, 0.05) is 12.0 Å². The molecule has 0 spiro atoms. The number of hydrogen-bond donors (Lipinski definition) is 1. The van der Waals surface area contributed by atoms with Crippen LogP contribution in [0.5, 0.6) is 5.75 Å². The van der Waals surface area contributed by atoms with E-state index in [0.717, 1.165) is 23.3 Å². The molecule has 1 saturated heterocycles. The summed E-state index contributed by atoms with van der Waals surface area (Å²) in [5.74, 6) is 0.800. The van der Waals surface area contributed by atoms with Crippen LogP contribution < -0.4 is 10.1 Å². The van der Waals surface area contributed by atoms with Gasteiger partial charge >= 0.3 is 6.09 Å². The van der Waals surface area contributed by atoms with E-state index >= 15 is 0 Å². The third kappa shape index (κ3) is 3.92. The van der Waals surface area contributed by atoms with Crippen molar-refractivity contribution >= 4 is 18.5 Å². The molecule has 3 rings (SSSR count). The molecule has 1 atom stereocenters. The first-order valence-electron chi connectivity index (χ1n) is 7.02. The minimum absolute atomic E-state index is 0. The largest absolute Gasteiger partial charge is 0.489 e. The van der Waals surface area contributed by atoms with Gasteiger partial charge in [0.1, 0.15) is 12.4 Å². The molecule has 4 nitrogen and oxygen atoms in total. The Morgan fingerprint density at radius 2 is 1.82 bits per heavy atom. The number of nitrogens with one attached hydrogen (secondary N) is 1. The van der Waals surface area contributed by atoms with Crippen molar-refractivity contribution in [1.82, 2.24) is 5.32 Å². The lowest BCUT2D eigenvalue weighted by molar-refractivity contribution is 0.115. The Kier molecular flexibility index (Phi) is 5.67. The van der Waals surface area contributed by atoms with Crippen molar-refractivity contribution in [1.29, 1.82) is 0 Å². The average Bonchev–Trinajstić information content (AvgIpc) is 2.54. The fourth-order valence-corrected chi connectivity index (χ4v) is 2.39. The third-order valence-corrected chi connectivity index (χ3v) is 3.46. The minimum Gasteiger partial charge on any atom is -0.489 e. The highest BCUT2D eigenvalue weighted by Crippen LogP contribution is 2.29. The summed E-state index contributed by atoms with van der Waals surface area (Å²) in [4.78, 5) is 11.4. The highest BCUT2D eigenvalue weighted by molar-refractivity contribution is 5.85. The van der Waals surface area contributed by atoms with Gasteiger partial charge in [-0.1, -0.05) is 48.5 Å². The van der Waals surface area contributed by atoms with Gasteiger partial charge in [0.2, 0.25) is 0 Å². The molecule has 1 heterocycles. The van der Waals surface area contributed by atoms with Crippen molar-refractivity contribution in [2.24, 2.45) is 0 Å². The van der Waals surface area contributed by atoms with E-state index in [2.05, 4.69) is 5.32 Å². The summed E-state index contributed by atoms with van der Waals surface area (Å²) >= 11 is 0. The Labute approximate surface area is 135 Å². The maximum Gasteiger partial charge on any atom is 0.407 e. The standard InChI is InChI=1S/C17H17NO3.ClH/c19-17-18-15(10-11-20-17)14-8-4-5-9-16(14)21-12-13-6-2-1-3-7-13;/h1-9,15H,10-12H2,(H,18,19);1H/t15-;/m0./s1. The van der Waals surface area contributed by atoms with E-state index in [1.165, 1.54) is 0 Å². The van der Waals surface area contributed by atoms with Crippen LogP contribution >= 0.6 is 12.4 Å². The molecule has 1 aliphatic heterocycles. The van der Waals surface area contributed by atoms with Gasteiger partial charge in [0.25, 0.3) is 0 Å². The molecule has 5 heteroatoms. The number of carbonyl (C=O) groups excluding carboxylic acids is 1. The van der Waals surface area contributed by atoms with Crippen molar-refractivity contribution < 1.29 is 14.3 Å². The second-order valence-electron chi connectivity index (χ2n) is 4.93. The van der Waals surface area contributed by atoms with Crippen LogP contribution in [0.4, 0.5) is 4.79 Å². The number of rotatable bonds is 4. The monoisotopic (exact) mass is 319 g/mol. The number of halogens is 1. The molecule has 0 radical (unpaired) electrons. The third-order valence-electron chi connectivity index (χ3n) is 3.46. The Hall–Kier alpha value is -2.20.